The summed E-state index contributed by atoms with van der Waals surface area (Å²) in [6.45, 7) is 0. The Bertz CT molecular complexity index is 883. The Labute approximate surface area is 139 Å². The Hall–Kier alpha value is -2.94. The first-order chi connectivity index (χ1) is 11.6. The van der Waals surface area contributed by atoms with Crippen LogP contribution in [-0.4, -0.2) is 27.4 Å². The van der Waals surface area contributed by atoms with Crippen LogP contribution in [0, 0.1) is 11.8 Å². The van der Waals surface area contributed by atoms with E-state index in [1.165, 1.54) is 0 Å². The van der Waals surface area contributed by atoms with Crippen molar-refractivity contribution in [3.8, 4) is 17.1 Å². The fraction of sp³-hybridized carbons (Fsp3) is 0.0667. The average molecular weight is 348 g/mol. The first kappa shape index (κ1) is 15.9. The number of amides is 1. The van der Waals surface area contributed by atoms with Gasteiger partial charge in [0.25, 0.3) is 5.91 Å². The van der Waals surface area contributed by atoms with Crippen molar-refractivity contribution in [1.82, 2.24) is 14.3 Å². The van der Waals surface area contributed by atoms with Crippen LogP contribution in [0.1, 0.15) is 10.4 Å². The van der Waals surface area contributed by atoms with Gasteiger partial charge in [-0.15, -0.1) is 0 Å². The largest absolute Gasteiger partial charge is 0.497 e. The number of nitrogens with zero attached hydrogens (tertiary/aromatic N) is 3. The third-order valence-electron chi connectivity index (χ3n) is 3.09. The second-order valence-corrected chi connectivity index (χ2v) is 5.32. The first-order valence-electron chi connectivity index (χ1n) is 6.68. The Morgan fingerprint density at radius 2 is 1.96 bits per heavy atom. The molecule has 122 valence electrons. The van der Waals surface area contributed by atoms with E-state index in [1.54, 1.807) is 31.4 Å². The number of pyridine rings is 1. The molecule has 0 saturated heterocycles. The Morgan fingerprint density at radius 3 is 2.67 bits per heavy atom. The van der Waals surface area contributed by atoms with Gasteiger partial charge in [0.15, 0.2) is 11.6 Å². The van der Waals surface area contributed by atoms with Gasteiger partial charge in [0, 0.05) is 23.3 Å². The zero-order chi connectivity index (χ0) is 17.1. The molecule has 9 heteroatoms. The van der Waals surface area contributed by atoms with Crippen LogP contribution in [0.2, 0.25) is 0 Å². The highest BCUT2D eigenvalue weighted by molar-refractivity contribution is 7.10. The van der Waals surface area contributed by atoms with Gasteiger partial charge in [-0.05, 0) is 30.3 Å². The number of carbonyl (C=O) groups is 1. The summed E-state index contributed by atoms with van der Waals surface area (Å²) in [5.74, 6) is -2.38. The van der Waals surface area contributed by atoms with Crippen molar-refractivity contribution in [2.45, 2.75) is 0 Å². The predicted molar refractivity (Wildman–Crippen MR) is 84.0 cm³/mol. The summed E-state index contributed by atoms with van der Waals surface area (Å²) in [6, 6.07) is 8.13. The van der Waals surface area contributed by atoms with Gasteiger partial charge in [0.05, 0.1) is 12.7 Å². The summed E-state index contributed by atoms with van der Waals surface area (Å²) < 4.78 is 35.8. The number of halogens is 2. The molecule has 1 N–H and O–H groups in total. The second-order valence-electron chi connectivity index (χ2n) is 4.57. The fourth-order valence-corrected chi connectivity index (χ4v) is 2.47. The lowest BCUT2D eigenvalue weighted by Crippen LogP contribution is -2.14. The third-order valence-corrected chi connectivity index (χ3v) is 3.72. The van der Waals surface area contributed by atoms with Crippen LogP contribution in [0.5, 0.6) is 5.75 Å². The molecule has 0 fully saturated rings. The van der Waals surface area contributed by atoms with E-state index in [0.717, 1.165) is 29.4 Å². The molecule has 6 nitrogen and oxygen atoms in total. The number of methoxy groups -OCH3 is 1. The molecular formula is C15H10F2N4O2S. The van der Waals surface area contributed by atoms with Crippen LogP contribution in [0.15, 0.2) is 36.5 Å². The first-order valence-corrected chi connectivity index (χ1v) is 7.45. The van der Waals surface area contributed by atoms with Crippen LogP contribution >= 0.6 is 11.5 Å². The predicted octanol–water partition coefficient (Wildman–Crippen LogP) is 3.14. The number of anilines is 1. The van der Waals surface area contributed by atoms with Crippen molar-refractivity contribution in [3.05, 3.63) is 53.9 Å². The van der Waals surface area contributed by atoms with E-state index < -0.39 is 23.2 Å². The van der Waals surface area contributed by atoms with Crippen molar-refractivity contribution in [2.75, 3.05) is 12.4 Å². The monoisotopic (exact) mass is 348 g/mol. The summed E-state index contributed by atoms with van der Waals surface area (Å²) >= 11 is 0.931. The highest BCUT2D eigenvalue weighted by atomic mass is 32.1. The standard InChI is InChI=1S/C15H10F2N4O2S/c1-23-9-4-2-8(3-5-9)13-19-15(24-21-13)20-14(22)10-6-7-18-12(17)11(10)16/h2-7H,1H3,(H,19,20,21,22). The number of hydrogen-bond donors (Lipinski definition) is 1. The summed E-state index contributed by atoms with van der Waals surface area (Å²) in [5.41, 5.74) is 0.275. The van der Waals surface area contributed by atoms with E-state index in [4.69, 9.17) is 4.74 Å². The number of nitrogens with one attached hydrogen (secondary N) is 1. The van der Waals surface area contributed by atoms with Gasteiger partial charge in [-0.2, -0.15) is 13.7 Å². The lowest BCUT2D eigenvalue weighted by molar-refractivity contribution is 0.102. The molecule has 2 heterocycles. The normalized spacial score (nSPS) is 10.5. The maximum absolute atomic E-state index is 13.6. The molecule has 0 spiro atoms. The zero-order valence-corrected chi connectivity index (χ0v) is 13.1. The average Bonchev–Trinajstić information content (AvgIpc) is 3.05. The molecule has 0 aliphatic heterocycles. The second kappa shape index (κ2) is 6.67. The van der Waals surface area contributed by atoms with Crippen LogP contribution in [-0.2, 0) is 0 Å². The van der Waals surface area contributed by atoms with Crippen molar-refractivity contribution in [2.24, 2.45) is 0 Å². The molecule has 0 aliphatic rings. The molecule has 0 aliphatic carbocycles. The molecule has 24 heavy (non-hydrogen) atoms. The minimum absolute atomic E-state index is 0.169. The third kappa shape index (κ3) is 3.20. The number of aromatic nitrogens is 3. The Kier molecular flexibility index (Phi) is 4.43. The van der Waals surface area contributed by atoms with Gasteiger partial charge in [-0.25, -0.2) is 9.37 Å². The number of hydrogen-bond acceptors (Lipinski definition) is 6. The minimum Gasteiger partial charge on any atom is -0.497 e. The van der Waals surface area contributed by atoms with Crippen molar-refractivity contribution in [3.63, 3.8) is 0 Å². The summed E-state index contributed by atoms with van der Waals surface area (Å²) in [5, 5.41) is 2.55. The van der Waals surface area contributed by atoms with Gasteiger partial charge < -0.3 is 4.74 Å². The van der Waals surface area contributed by atoms with Crippen LogP contribution < -0.4 is 10.1 Å². The van der Waals surface area contributed by atoms with Gasteiger partial charge in [0.1, 0.15) is 5.75 Å². The lowest BCUT2D eigenvalue weighted by Gasteiger charge is -2.02. The smallest absolute Gasteiger partial charge is 0.260 e. The van der Waals surface area contributed by atoms with Crippen molar-refractivity contribution >= 4 is 22.6 Å². The summed E-state index contributed by atoms with van der Waals surface area (Å²) in [6.07, 6.45) is 1.01. The van der Waals surface area contributed by atoms with E-state index in [9.17, 15) is 13.6 Å². The van der Waals surface area contributed by atoms with Gasteiger partial charge in [0.2, 0.25) is 11.1 Å². The maximum atomic E-state index is 13.6. The quantitative estimate of drug-likeness (QED) is 0.733. The van der Waals surface area contributed by atoms with E-state index in [0.29, 0.717) is 11.6 Å². The van der Waals surface area contributed by atoms with Crippen LogP contribution in [0.3, 0.4) is 0 Å². The van der Waals surface area contributed by atoms with E-state index in [-0.39, 0.29) is 5.13 Å². The number of carbonyl (C=O) groups excluding carboxylic acids is 1. The molecule has 0 radical (unpaired) electrons. The van der Waals surface area contributed by atoms with Gasteiger partial charge >= 0.3 is 0 Å². The molecule has 0 atom stereocenters. The maximum Gasteiger partial charge on any atom is 0.260 e. The summed E-state index contributed by atoms with van der Waals surface area (Å²) in [7, 11) is 1.56. The molecule has 1 amide bonds. The highest BCUT2D eigenvalue weighted by Gasteiger charge is 2.18. The molecule has 0 bridgehead atoms. The highest BCUT2D eigenvalue weighted by Crippen LogP contribution is 2.23. The zero-order valence-electron chi connectivity index (χ0n) is 12.3. The fourth-order valence-electron chi connectivity index (χ4n) is 1.89. The molecule has 0 saturated carbocycles. The Morgan fingerprint density at radius 1 is 1.21 bits per heavy atom. The van der Waals surface area contributed by atoms with E-state index in [2.05, 4.69) is 19.7 Å². The molecule has 1 aromatic carbocycles. The molecule has 2 aromatic heterocycles. The van der Waals surface area contributed by atoms with Crippen molar-refractivity contribution in [1.29, 1.82) is 0 Å². The number of ether oxygens (including phenoxy) is 1. The number of benzene rings is 1. The van der Waals surface area contributed by atoms with Gasteiger partial charge in [-0.3, -0.25) is 10.1 Å². The number of rotatable bonds is 4. The molecule has 0 unspecified atom stereocenters. The molecule has 3 rings (SSSR count). The lowest BCUT2D eigenvalue weighted by atomic mass is 10.2. The van der Waals surface area contributed by atoms with Gasteiger partial charge in [-0.1, -0.05) is 0 Å². The Balaban J connectivity index is 1.78. The van der Waals surface area contributed by atoms with Crippen LogP contribution in [0.4, 0.5) is 13.9 Å². The van der Waals surface area contributed by atoms with Crippen molar-refractivity contribution < 1.29 is 18.3 Å². The van der Waals surface area contributed by atoms with E-state index in [1.807, 2.05) is 0 Å². The molecule has 3 aromatic rings. The SMILES string of the molecule is COc1ccc(-c2nsc(NC(=O)c3ccnc(F)c3F)n2)cc1. The topological polar surface area (TPSA) is 77.0 Å². The summed E-state index contributed by atoms with van der Waals surface area (Å²) in [4.78, 5) is 19.3. The minimum atomic E-state index is -1.33. The van der Waals surface area contributed by atoms with E-state index >= 15 is 0 Å². The van der Waals surface area contributed by atoms with Crippen LogP contribution in [0.25, 0.3) is 11.4 Å². The molecular weight excluding hydrogens is 338 g/mol.